The van der Waals surface area contributed by atoms with Gasteiger partial charge in [-0.05, 0) is 24.6 Å². The molecule has 1 aromatic rings. The van der Waals surface area contributed by atoms with Gasteiger partial charge in [-0.25, -0.2) is 4.79 Å². The van der Waals surface area contributed by atoms with Crippen molar-refractivity contribution in [2.45, 2.75) is 6.92 Å². The summed E-state index contributed by atoms with van der Waals surface area (Å²) in [6.45, 7) is 5.54. The molecule has 0 fully saturated rings. The molecule has 0 aliphatic rings. The smallest absolute Gasteiger partial charge is 0.339 e. The van der Waals surface area contributed by atoms with Crippen molar-refractivity contribution in [1.82, 2.24) is 0 Å². The van der Waals surface area contributed by atoms with Gasteiger partial charge < -0.3 is 9.84 Å². The van der Waals surface area contributed by atoms with Crippen molar-refractivity contribution in [3.8, 4) is 5.75 Å². The van der Waals surface area contributed by atoms with Crippen LogP contribution in [0.15, 0.2) is 24.8 Å². The molecule has 0 radical (unpaired) electrons. The minimum absolute atomic E-state index is 0.0625. The molecule has 0 heterocycles. The molecule has 15 heavy (non-hydrogen) atoms. The highest BCUT2D eigenvalue weighted by Gasteiger charge is 2.13. The fourth-order valence-electron chi connectivity index (χ4n) is 1.09. The lowest BCUT2D eigenvalue weighted by Gasteiger charge is -2.09. The zero-order valence-corrected chi connectivity index (χ0v) is 9.04. The maximum Gasteiger partial charge on any atom is 0.339 e. The number of carboxylic acids is 1. The first-order valence-electron chi connectivity index (χ1n) is 4.33. The first-order valence-corrected chi connectivity index (χ1v) is 4.71. The summed E-state index contributed by atoms with van der Waals surface area (Å²) in [7, 11) is 0. The van der Waals surface area contributed by atoms with E-state index in [1.54, 1.807) is 19.1 Å². The monoisotopic (exact) mass is 226 g/mol. The highest BCUT2D eigenvalue weighted by atomic mass is 35.5. The summed E-state index contributed by atoms with van der Waals surface area (Å²) in [5.41, 5.74) is 0.841. The molecule has 0 aliphatic carbocycles. The number of carboxylic acid groups (broad SMARTS) is 1. The largest absolute Gasteiger partial charge is 0.489 e. The summed E-state index contributed by atoms with van der Waals surface area (Å²) in [5.74, 6) is -0.750. The molecule has 0 atom stereocenters. The third kappa shape index (κ3) is 2.73. The lowest BCUT2D eigenvalue weighted by molar-refractivity contribution is 0.0693. The summed E-state index contributed by atoms with van der Waals surface area (Å²) in [5, 5.41) is 9.33. The molecule has 0 amide bonds. The van der Waals surface area contributed by atoms with E-state index in [0.29, 0.717) is 10.8 Å². The third-order valence-electron chi connectivity index (χ3n) is 1.85. The number of carbonyl (C=O) groups is 1. The van der Waals surface area contributed by atoms with E-state index in [1.165, 1.54) is 6.07 Å². The highest BCUT2D eigenvalue weighted by Crippen LogP contribution is 2.26. The Bertz CT molecular complexity index is 399. The predicted octanol–water partition coefficient (Wildman–Crippen LogP) is 2.91. The van der Waals surface area contributed by atoms with Gasteiger partial charge in [0.1, 0.15) is 17.9 Å². The van der Waals surface area contributed by atoms with E-state index in [2.05, 4.69) is 6.58 Å². The number of aryl methyl sites for hydroxylation is 1. The van der Waals surface area contributed by atoms with E-state index in [1.807, 2.05) is 0 Å². The Kier molecular flexibility index (Phi) is 3.74. The van der Waals surface area contributed by atoms with Crippen LogP contribution in [0, 0.1) is 6.92 Å². The number of rotatable bonds is 4. The zero-order chi connectivity index (χ0) is 11.4. The van der Waals surface area contributed by atoms with Crippen LogP contribution in [0.1, 0.15) is 15.9 Å². The summed E-state index contributed by atoms with van der Waals surface area (Å²) in [6, 6.07) is 2.99. The third-order valence-corrected chi connectivity index (χ3v) is 2.26. The summed E-state index contributed by atoms with van der Waals surface area (Å²) in [4.78, 5) is 10.9. The minimum Gasteiger partial charge on any atom is -0.489 e. The van der Waals surface area contributed by atoms with Crippen molar-refractivity contribution in [2.24, 2.45) is 0 Å². The molecular formula is C11H11ClO3. The van der Waals surface area contributed by atoms with Crippen LogP contribution < -0.4 is 4.74 Å². The Labute approximate surface area is 92.9 Å². The molecule has 0 unspecified atom stereocenters. The van der Waals surface area contributed by atoms with E-state index >= 15 is 0 Å². The molecule has 1 aromatic carbocycles. The van der Waals surface area contributed by atoms with E-state index in [9.17, 15) is 4.79 Å². The second-order valence-electron chi connectivity index (χ2n) is 3.00. The second-order valence-corrected chi connectivity index (χ2v) is 3.41. The molecule has 80 valence electrons. The Morgan fingerprint density at radius 1 is 1.67 bits per heavy atom. The van der Waals surface area contributed by atoms with Crippen LogP contribution in [-0.4, -0.2) is 17.7 Å². The van der Waals surface area contributed by atoms with Crippen LogP contribution >= 0.6 is 11.6 Å². The quantitative estimate of drug-likeness (QED) is 0.803. The summed E-state index contributed by atoms with van der Waals surface area (Å²) >= 11 is 5.82. The topological polar surface area (TPSA) is 46.5 Å². The van der Waals surface area contributed by atoms with Crippen LogP contribution in [0.4, 0.5) is 0 Å². The van der Waals surface area contributed by atoms with E-state index in [4.69, 9.17) is 21.4 Å². The van der Waals surface area contributed by atoms with E-state index in [-0.39, 0.29) is 12.2 Å². The summed E-state index contributed by atoms with van der Waals surface area (Å²) < 4.78 is 5.23. The molecule has 0 spiro atoms. The van der Waals surface area contributed by atoms with Gasteiger partial charge >= 0.3 is 5.97 Å². The van der Waals surface area contributed by atoms with Crippen molar-refractivity contribution in [3.05, 3.63) is 40.9 Å². The molecule has 3 nitrogen and oxygen atoms in total. The number of hydrogen-bond acceptors (Lipinski definition) is 2. The Morgan fingerprint density at radius 3 is 2.87 bits per heavy atom. The van der Waals surface area contributed by atoms with Crippen molar-refractivity contribution >= 4 is 17.6 Å². The Hall–Kier alpha value is -1.48. The second kappa shape index (κ2) is 4.84. The van der Waals surface area contributed by atoms with Gasteiger partial charge in [-0.1, -0.05) is 24.3 Å². The van der Waals surface area contributed by atoms with Gasteiger partial charge in [-0.15, -0.1) is 0 Å². The predicted molar refractivity (Wildman–Crippen MR) is 58.8 cm³/mol. The average Bonchev–Trinajstić information content (AvgIpc) is 2.19. The number of aromatic carboxylic acids is 1. The first-order chi connectivity index (χ1) is 7.06. The fourth-order valence-corrected chi connectivity index (χ4v) is 1.25. The molecule has 1 N–H and O–H groups in total. The van der Waals surface area contributed by atoms with Crippen LogP contribution in [0.5, 0.6) is 5.75 Å². The molecule has 0 saturated carbocycles. The van der Waals surface area contributed by atoms with Gasteiger partial charge in [0.05, 0.1) is 0 Å². The molecule has 0 bridgehead atoms. The molecule has 0 aromatic heterocycles. The van der Waals surface area contributed by atoms with Gasteiger partial charge in [0.25, 0.3) is 0 Å². The molecule has 0 aliphatic heterocycles. The van der Waals surface area contributed by atoms with Crippen molar-refractivity contribution in [1.29, 1.82) is 0 Å². The standard InChI is InChI=1S/C11H11ClO3/c1-3-4-15-10-5-7(2)9(12)6-8(10)11(13)14/h3,5-6H,1,4H2,2H3,(H,13,14). The van der Waals surface area contributed by atoms with Crippen molar-refractivity contribution < 1.29 is 14.6 Å². The van der Waals surface area contributed by atoms with Gasteiger partial charge in [0.2, 0.25) is 0 Å². The molecule has 1 rings (SSSR count). The highest BCUT2D eigenvalue weighted by molar-refractivity contribution is 6.31. The van der Waals surface area contributed by atoms with E-state index < -0.39 is 5.97 Å². The van der Waals surface area contributed by atoms with Crippen molar-refractivity contribution in [2.75, 3.05) is 6.61 Å². The maximum atomic E-state index is 10.9. The minimum atomic E-state index is -1.06. The van der Waals surface area contributed by atoms with Crippen LogP contribution in [0.25, 0.3) is 0 Å². The fraction of sp³-hybridized carbons (Fsp3) is 0.182. The van der Waals surface area contributed by atoms with Crippen LogP contribution in [0.3, 0.4) is 0 Å². The lowest BCUT2D eigenvalue weighted by atomic mass is 10.1. The Balaban J connectivity index is 3.15. The number of halogens is 1. The lowest BCUT2D eigenvalue weighted by Crippen LogP contribution is -2.03. The van der Waals surface area contributed by atoms with Crippen LogP contribution in [0.2, 0.25) is 5.02 Å². The van der Waals surface area contributed by atoms with Gasteiger partial charge in [-0.2, -0.15) is 0 Å². The Morgan fingerprint density at radius 2 is 2.33 bits per heavy atom. The van der Waals surface area contributed by atoms with Crippen molar-refractivity contribution in [3.63, 3.8) is 0 Å². The molecule has 0 saturated heterocycles. The number of ether oxygens (including phenoxy) is 1. The molecule has 4 heteroatoms. The summed E-state index contributed by atoms with van der Waals surface area (Å²) in [6.07, 6.45) is 1.55. The maximum absolute atomic E-state index is 10.9. The average molecular weight is 227 g/mol. The van der Waals surface area contributed by atoms with E-state index in [0.717, 1.165) is 5.56 Å². The normalized spacial score (nSPS) is 9.73. The van der Waals surface area contributed by atoms with Gasteiger partial charge in [0, 0.05) is 5.02 Å². The number of hydrogen-bond donors (Lipinski definition) is 1. The van der Waals surface area contributed by atoms with Crippen LogP contribution in [-0.2, 0) is 0 Å². The first kappa shape index (κ1) is 11.6. The molecular weight excluding hydrogens is 216 g/mol. The zero-order valence-electron chi connectivity index (χ0n) is 8.29. The number of benzene rings is 1. The van der Waals surface area contributed by atoms with Gasteiger partial charge in [0.15, 0.2) is 0 Å². The SMILES string of the molecule is C=CCOc1cc(C)c(Cl)cc1C(=O)O. The van der Waals surface area contributed by atoms with Gasteiger partial charge in [-0.3, -0.25) is 0 Å².